The Hall–Kier alpha value is -1.52. The summed E-state index contributed by atoms with van der Waals surface area (Å²) in [6, 6.07) is 14.2. The molecule has 106 valence electrons. The van der Waals surface area contributed by atoms with Gasteiger partial charge in [0.15, 0.2) is 0 Å². The lowest BCUT2D eigenvalue weighted by atomic mass is 10.2. The summed E-state index contributed by atoms with van der Waals surface area (Å²) in [5.74, 6) is 0.290. The third-order valence-corrected chi connectivity index (χ3v) is 5.40. The lowest BCUT2D eigenvalue weighted by Gasteiger charge is -2.21. The van der Waals surface area contributed by atoms with Crippen LogP contribution in [0, 0.1) is 6.92 Å². The Bertz CT molecular complexity index is 699. The minimum Gasteiger partial charge on any atom is -0.269 e. The number of anilines is 1. The molecule has 20 heavy (non-hydrogen) atoms. The van der Waals surface area contributed by atoms with Gasteiger partial charge in [0.1, 0.15) is 0 Å². The molecule has 0 saturated carbocycles. The highest BCUT2D eigenvalue weighted by Crippen LogP contribution is 2.25. The molecule has 0 N–H and O–H groups in total. The number of alkyl halides is 1. The molecule has 0 saturated heterocycles. The molecule has 5 heteroatoms. The highest BCUT2D eigenvalue weighted by Gasteiger charge is 2.23. The summed E-state index contributed by atoms with van der Waals surface area (Å²) in [5.41, 5.74) is 2.13. The van der Waals surface area contributed by atoms with E-state index in [4.69, 9.17) is 11.6 Å². The molecule has 2 aromatic carbocycles. The van der Waals surface area contributed by atoms with Gasteiger partial charge in [0, 0.05) is 12.9 Å². The normalized spacial score (nSPS) is 11.3. The zero-order valence-electron chi connectivity index (χ0n) is 11.4. The molecular weight excluding hydrogens is 294 g/mol. The Morgan fingerprint density at radius 2 is 1.75 bits per heavy atom. The highest BCUT2D eigenvalue weighted by atomic mass is 35.5. The average Bonchev–Trinajstić information content (AvgIpc) is 2.47. The van der Waals surface area contributed by atoms with Gasteiger partial charge < -0.3 is 0 Å². The lowest BCUT2D eigenvalue weighted by molar-refractivity contribution is 0.593. The Balaban J connectivity index is 2.50. The summed E-state index contributed by atoms with van der Waals surface area (Å²) in [4.78, 5) is 0.294. The van der Waals surface area contributed by atoms with Gasteiger partial charge in [0.25, 0.3) is 10.0 Å². The molecule has 0 aromatic heterocycles. The third kappa shape index (κ3) is 2.81. The zero-order chi connectivity index (χ0) is 14.8. The first-order valence-electron chi connectivity index (χ1n) is 6.16. The standard InChI is InChI=1S/C15H16ClNO2S/c1-12-8-9-13(11-16)10-15(12)20(18,19)17(2)14-6-4-3-5-7-14/h3-10H,11H2,1-2H3. The van der Waals surface area contributed by atoms with E-state index in [1.807, 2.05) is 24.3 Å². The van der Waals surface area contributed by atoms with Crippen molar-refractivity contribution < 1.29 is 8.42 Å². The molecule has 0 unspecified atom stereocenters. The van der Waals surface area contributed by atoms with Crippen LogP contribution in [0.2, 0.25) is 0 Å². The fourth-order valence-electron chi connectivity index (χ4n) is 1.93. The van der Waals surface area contributed by atoms with Crippen LogP contribution in [0.25, 0.3) is 0 Å². The minimum absolute atomic E-state index is 0.290. The number of aryl methyl sites for hydroxylation is 1. The summed E-state index contributed by atoms with van der Waals surface area (Å²) in [7, 11) is -2.03. The van der Waals surface area contributed by atoms with Crippen LogP contribution in [0.3, 0.4) is 0 Å². The van der Waals surface area contributed by atoms with Gasteiger partial charge in [0.05, 0.1) is 10.6 Å². The van der Waals surface area contributed by atoms with E-state index in [0.29, 0.717) is 16.1 Å². The molecule has 2 rings (SSSR count). The van der Waals surface area contributed by atoms with E-state index in [1.165, 1.54) is 4.31 Å². The van der Waals surface area contributed by atoms with Crippen LogP contribution >= 0.6 is 11.6 Å². The molecule has 0 aliphatic rings. The molecule has 0 spiro atoms. The number of hydrogen-bond acceptors (Lipinski definition) is 2. The smallest absolute Gasteiger partial charge is 0.264 e. The number of para-hydroxylation sites is 1. The summed E-state index contributed by atoms with van der Waals surface area (Å²) < 4.78 is 26.7. The minimum atomic E-state index is -3.58. The van der Waals surface area contributed by atoms with Crippen molar-refractivity contribution in [1.29, 1.82) is 0 Å². The summed E-state index contributed by atoms with van der Waals surface area (Å²) in [6.45, 7) is 1.78. The molecule has 0 atom stereocenters. The van der Waals surface area contributed by atoms with E-state index in [2.05, 4.69) is 0 Å². The predicted octanol–water partition coefficient (Wildman–Crippen LogP) is 3.56. The van der Waals surface area contributed by atoms with E-state index in [9.17, 15) is 8.42 Å². The van der Waals surface area contributed by atoms with Gasteiger partial charge in [0.2, 0.25) is 0 Å². The average molecular weight is 310 g/mol. The molecule has 0 aliphatic heterocycles. The number of halogens is 1. The summed E-state index contributed by atoms with van der Waals surface area (Å²) >= 11 is 5.79. The molecule has 0 fully saturated rings. The van der Waals surface area contributed by atoms with Gasteiger partial charge in [-0.3, -0.25) is 4.31 Å². The fraction of sp³-hybridized carbons (Fsp3) is 0.200. The molecule has 0 radical (unpaired) electrons. The summed E-state index contributed by atoms with van der Waals surface area (Å²) in [5, 5.41) is 0. The van der Waals surface area contributed by atoms with Gasteiger partial charge in [-0.1, -0.05) is 30.3 Å². The van der Waals surface area contributed by atoms with Crippen molar-refractivity contribution in [2.24, 2.45) is 0 Å². The number of hydrogen-bond donors (Lipinski definition) is 0. The first-order chi connectivity index (χ1) is 9.46. The molecule has 0 aliphatic carbocycles. The van der Waals surface area contributed by atoms with Crippen molar-refractivity contribution in [1.82, 2.24) is 0 Å². The molecular formula is C15H16ClNO2S. The Morgan fingerprint density at radius 3 is 2.35 bits per heavy atom. The van der Waals surface area contributed by atoms with E-state index in [0.717, 1.165) is 5.56 Å². The number of sulfonamides is 1. The van der Waals surface area contributed by atoms with Crippen LogP contribution in [0.5, 0.6) is 0 Å². The SMILES string of the molecule is Cc1ccc(CCl)cc1S(=O)(=O)N(C)c1ccccc1. The van der Waals surface area contributed by atoms with Crippen LogP contribution in [0.15, 0.2) is 53.4 Å². The quantitative estimate of drug-likeness (QED) is 0.810. The van der Waals surface area contributed by atoms with Crippen molar-refractivity contribution in [3.05, 3.63) is 59.7 Å². The first kappa shape index (κ1) is 14.9. The second-order valence-corrected chi connectivity index (χ2v) is 6.75. The second kappa shape index (κ2) is 5.85. The first-order valence-corrected chi connectivity index (χ1v) is 8.13. The molecule has 0 amide bonds. The van der Waals surface area contributed by atoms with Crippen molar-refractivity contribution in [2.45, 2.75) is 17.7 Å². The maximum absolute atomic E-state index is 12.7. The zero-order valence-corrected chi connectivity index (χ0v) is 12.9. The Kier molecular flexibility index (Phi) is 4.35. The van der Waals surface area contributed by atoms with E-state index >= 15 is 0 Å². The lowest BCUT2D eigenvalue weighted by Crippen LogP contribution is -2.27. The molecule has 0 bridgehead atoms. The van der Waals surface area contributed by atoms with Crippen molar-refractivity contribution in [3.8, 4) is 0 Å². The van der Waals surface area contributed by atoms with Gasteiger partial charge in [-0.25, -0.2) is 8.42 Å². The second-order valence-electron chi connectivity index (χ2n) is 4.54. The molecule has 0 heterocycles. The number of nitrogens with zero attached hydrogens (tertiary/aromatic N) is 1. The predicted molar refractivity (Wildman–Crippen MR) is 82.8 cm³/mol. The Morgan fingerprint density at radius 1 is 1.10 bits per heavy atom. The van der Waals surface area contributed by atoms with Crippen LogP contribution < -0.4 is 4.31 Å². The van der Waals surface area contributed by atoms with Crippen LogP contribution in [0.1, 0.15) is 11.1 Å². The van der Waals surface area contributed by atoms with E-state index < -0.39 is 10.0 Å². The van der Waals surface area contributed by atoms with Crippen molar-refractivity contribution >= 4 is 27.3 Å². The van der Waals surface area contributed by atoms with Gasteiger partial charge in [-0.2, -0.15) is 0 Å². The van der Waals surface area contributed by atoms with Crippen LogP contribution in [-0.2, 0) is 15.9 Å². The Labute approximate surface area is 124 Å². The highest BCUT2D eigenvalue weighted by molar-refractivity contribution is 7.92. The van der Waals surface area contributed by atoms with Crippen molar-refractivity contribution in [2.75, 3.05) is 11.4 Å². The fourth-order valence-corrected chi connectivity index (χ4v) is 3.57. The van der Waals surface area contributed by atoms with Gasteiger partial charge in [-0.15, -0.1) is 11.6 Å². The number of benzene rings is 2. The maximum atomic E-state index is 12.7. The van der Waals surface area contributed by atoms with Gasteiger partial charge >= 0.3 is 0 Å². The number of rotatable bonds is 4. The van der Waals surface area contributed by atoms with Crippen molar-refractivity contribution in [3.63, 3.8) is 0 Å². The topological polar surface area (TPSA) is 37.4 Å². The van der Waals surface area contributed by atoms with E-state index in [-0.39, 0.29) is 5.88 Å². The third-order valence-electron chi connectivity index (χ3n) is 3.17. The van der Waals surface area contributed by atoms with Crippen LogP contribution in [0.4, 0.5) is 5.69 Å². The summed E-state index contributed by atoms with van der Waals surface area (Å²) in [6.07, 6.45) is 0. The largest absolute Gasteiger partial charge is 0.269 e. The monoisotopic (exact) mass is 309 g/mol. The van der Waals surface area contributed by atoms with Gasteiger partial charge in [-0.05, 0) is 36.2 Å². The van der Waals surface area contributed by atoms with E-state index in [1.54, 1.807) is 38.2 Å². The van der Waals surface area contributed by atoms with Crippen LogP contribution in [-0.4, -0.2) is 15.5 Å². The molecule has 2 aromatic rings. The maximum Gasteiger partial charge on any atom is 0.264 e. The molecule has 3 nitrogen and oxygen atoms in total.